The number of hydrogen-bond acceptors (Lipinski definition) is 3. The number of halogens is 1. The van der Waals surface area contributed by atoms with Gasteiger partial charge in [-0.05, 0) is 38.3 Å². The second-order valence-corrected chi connectivity index (χ2v) is 5.36. The van der Waals surface area contributed by atoms with Crippen molar-refractivity contribution in [2.75, 3.05) is 24.4 Å². The van der Waals surface area contributed by atoms with Gasteiger partial charge in [-0.25, -0.2) is 4.79 Å². The fraction of sp³-hybridized carbons (Fsp3) is 0.471. The standard InChI is InChI=1S/C17H24ClNO2/c1-5-6-12-19(15(10-11-18)17(20)21-4)16-13(2)8-7-9-14(16)3/h5-9,15H,10-12H2,1-4H3/b6-5+. The second kappa shape index (κ2) is 8.73. The Bertz CT molecular complexity index is 479. The average Bonchev–Trinajstić information content (AvgIpc) is 2.47. The summed E-state index contributed by atoms with van der Waals surface area (Å²) in [5, 5.41) is 0. The molecule has 1 aromatic rings. The number of carbonyl (C=O) groups is 1. The van der Waals surface area contributed by atoms with Gasteiger partial charge in [-0.15, -0.1) is 11.6 Å². The van der Waals surface area contributed by atoms with Crippen molar-refractivity contribution in [1.82, 2.24) is 0 Å². The lowest BCUT2D eigenvalue weighted by molar-refractivity contribution is -0.142. The first kappa shape index (κ1) is 17.6. The number of allylic oxidation sites excluding steroid dienone is 1. The molecule has 0 saturated heterocycles. The molecule has 0 bridgehead atoms. The molecule has 21 heavy (non-hydrogen) atoms. The minimum Gasteiger partial charge on any atom is -0.467 e. The number of esters is 1. The first-order chi connectivity index (χ1) is 10.1. The monoisotopic (exact) mass is 309 g/mol. The molecule has 0 N–H and O–H groups in total. The summed E-state index contributed by atoms with van der Waals surface area (Å²) in [5.41, 5.74) is 3.36. The van der Waals surface area contributed by atoms with Crippen LogP contribution < -0.4 is 4.90 Å². The maximum atomic E-state index is 12.2. The number of aryl methyl sites for hydroxylation is 2. The number of alkyl halides is 1. The van der Waals surface area contributed by atoms with Gasteiger partial charge < -0.3 is 9.64 Å². The molecule has 1 atom stereocenters. The molecule has 0 aliphatic rings. The number of rotatable bonds is 7. The Balaban J connectivity index is 3.28. The van der Waals surface area contributed by atoms with Gasteiger partial charge in [0.2, 0.25) is 0 Å². The van der Waals surface area contributed by atoms with E-state index < -0.39 is 0 Å². The van der Waals surface area contributed by atoms with Crippen molar-refractivity contribution in [3.63, 3.8) is 0 Å². The average molecular weight is 310 g/mol. The third-order valence-electron chi connectivity index (χ3n) is 3.50. The molecule has 0 heterocycles. The van der Waals surface area contributed by atoms with Crippen LogP contribution in [0.3, 0.4) is 0 Å². The Morgan fingerprint density at radius 1 is 1.38 bits per heavy atom. The normalized spacial score (nSPS) is 12.4. The van der Waals surface area contributed by atoms with E-state index in [-0.39, 0.29) is 12.0 Å². The fourth-order valence-corrected chi connectivity index (χ4v) is 2.70. The van der Waals surface area contributed by atoms with Gasteiger partial charge in [-0.2, -0.15) is 0 Å². The van der Waals surface area contributed by atoms with Crippen LogP contribution in [-0.2, 0) is 9.53 Å². The molecule has 3 nitrogen and oxygen atoms in total. The predicted octanol–water partition coefficient (Wildman–Crippen LogP) is 3.86. The van der Waals surface area contributed by atoms with E-state index in [2.05, 4.69) is 30.9 Å². The molecule has 0 aliphatic carbocycles. The first-order valence-electron chi connectivity index (χ1n) is 7.14. The molecule has 1 aromatic carbocycles. The first-order valence-corrected chi connectivity index (χ1v) is 7.68. The summed E-state index contributed by atoms with van der Waals surface area (Å²) in [6.07, 6.45) is 4.57. The number of benzene rings is 1. The summed E-state index contributed by atoms with van der Waals surface area (Å²) >= 11 is 5.89. The van der Waals surface area contributed by atoms with Crippen molar-refractivity contribution in [2.45, 2.75) is 33.2 Å². The number of methoxy groups -OCH3 is 1. The summed E-state index contributed by atoms with van der Waals surface area (Å²) in [7, 11) is 1.42. The zero-order chi connectivity index (χ0) is 15.8. The number of nitrogens with zero attached hydrogens (tertiary/aromatic N) is 1. The van der Waals surface area contributed by atoms with Crippen LogP contribution in [0.5, 0.6) is 0 Å². The van der Waals surface area contributed by atoms with Gasteiger partial charge in [0.1, 0.15) is 6.04 Å². The molecular formula is C17H24ClNO2. The van der Waals surface area contributed by atoms with Crippen molar-refractivity contribution >= 4 is 23.3 Å². The molecule has 116 valence electrons. The Hall–Kier alpha value is -1.48. The molecule has 1 rings (SSSR count). The van der Waals surface area contributed by atoms with Gasteiger partial charge in [0.25, 0.3) is 0 Å². The molecule has 0 aliphatic heterocycles. The van der Waals surface area contributed by atoms with E-state index in [1.165, 1.54) is 7.11 Å². The number of anilines is 1. The maximum absolute atomic E-state index is 12.2. The summed E-state index contributed by atoms with van der Waals surface area (Å²) in [4.78, 5) is 14.2. The van der Waals surface area contributed by atoms with Crippen molar-refractivity contribution in [1.29, 1.82) is 0 Å². The summed E-state index contributed by atoms with van der Waals surface area (Å²) in [6.45, 7) is 6.73. The zero-order valence-electron chi connectivity index (χ0n) is 13.2. The molecule has 0 aromatic heterocycles. The summed E-state index contributed by atoms with van der Waals surface area (Å²) in [5.74, 6) is 0.166. The Morgan fingerprint density at radius 2 is 2.00 bits per heavy atom. The number of para-hydroxylation sites is 1. The van der Waals surface area contributed by atoms with Crippen molar-refractivity contribution < 1.29 is 9.53 Å². The third kappa shape index (κ3) is 4.50. The maximum Gasteiger partial charge on any atom is 0.328 e. The van der Waals surface area contributed by atoms with Crippen LogP contribution in [-0.4, -0.2) is 31.5 Å². The van der Waals surface area contributed by atoms with Crippen LogP contribution in [0.2, 0.25) is 0 Å². The van der Waals surface area contributed by atoms with E-state index >= 15 is 0 Å². The van der Waals surface area contributed by atoms with E-state index in [0.29, 0.717) is 18.8 Å². The predicted molar refractivity (Wildman–Crippen MR) is 89.2 cm³/mol. The highest BCUT2D eigenvalue weighted by Gasteiger charge is 2.27. The highest BCUT2D eigenvalue weighted by molar-refractivity contribution is 6.18. The summed E-state index contributed by atoms with van der Waals surface area (Å²) in [6, 6.07) is 5.76. The van der Waals surface area contributed by atoms with Crippen LogP contribution >= 0.6 is 11.6 Å². The van der Waals surface area contributed by atoms with Gasteiger partial charge in [0.05, 0.1) is 7.11 Å². The lowest BCUT2D eigenvalue weighted by Crippen LogP contribution is -2.43. The van der Waals surface area contributed by atoms with E-state index in [1.807, 2.05) is 25.1 Å². The molecule has 0 radical (unpaired) electrons. The van der Waals surface area contributed by atoms with Crippen LogP contribution in [0.25, 0.3) is 0 Å². The molecule has 4 heteroatoms. The molecule has 0 saturated carbocycles. The minimum absolute atomic E-state index is 0.247. The molecule has 0 spiro atoms. The van der Waals surface area contributed by atoms with Crippen LogP contribution in [0.15, 0.2) is 30.4 Å². The highest BCUT2D eigenvalue weighted by atomic mass is 35.5. The molecular weight excluding hydrogens is 286 g/mol. The van der Waals surface area contributed by atoms with E-state index in [4.69, 9.17) is 16.3 Å². The largest absolute Gasteiger partial charge is 0.467 e. The SMILES string of the molecule is C/C=C/CN(c1c(C)cccc1C)C(CCCl)C(=O)OC. The topological polar surface area (TPSA) is 29.5 Å². The summed E-state index contributed by atoms with van der Waals surface area (Å²) < 4.78 is 4.96. The minimum atomic E-state index is -0.372. The zero-order valence-corrected chi connectivity index (χ0v) is 14.0. The second-order valence-electron chi connectivity index (χ2n) is 4.98. The number of carbonyl (C=O) groups excluding carboxylic acids is 1. The van der Waals surface area contributed by atoms with Crippen molar-refractivity contribution in [3.05, 3.63) is 41.5 Å². The molecule has 0 amide bonds. The van der Waals surface area contributed by atoms with Gasteiger partial charge >= 0.3 is 5.97 Å². The number of ether oxygens (including phenoxy) is 1. The van der Waals surface area contributed by atoms with Crippen molar-refractivity contribution in [3.8, 4) is 0 Å². The van der Waals surface area contributed by atoms with Gasteiger partial charge in [0, 0.05) is 18.1 Å². The van der Waals surface area contributed by atoms with Gasteiger partial charge in [-0.1, -0.05) is 30.4 Å². The van der Waals surface area contributed by atoms with E-state index in [1.54, 1.807) is 0 Å². The lowest BCUT2D eigenvalue weighted by Gasteiger charge is -2.33. The molecule has 0 fully saturated rings. The van der Waals surface area contributed by atoms with Crippen LogP contribution in [0.1, 0.15) is 24.5 Å². The Kier molecular flexibility index (Phi) is 7.30. The Labute approximate surface area is 132 Å². The smallest absolute Gasteiger partial charge is 0.328 e. The van der Waals surface area contributed by atoms with Crippen molar-refractivity contribution in [2.24, 2.45) is 0 Å². The molecule has 1 unspecified atom stereocenters. The van der Waals surface area contributed by atoms with E-state index in [0.717, 1.165) is 16.8 Å². The van der Waals surface area contributed by atoms with Crippen LogP contribution in [0.4, 0.5) is 5.69 Å². The van der Waals surface area contributed by atoms with Crippen LogP contribution in [0, 0.1) is 13.8 Å². The third-order valence-corrected chi connectivity index (χ3v) is 3.71. The quantitative estimate of drug-likeness (QED) is 0.435. The highest BCUT2D eigenvalue weighted by Crippen LogP contribution is 2.28. The van der Waals surface area contributed by atoms with Gasteiger partial charge in [0.15, 0.2) is 0 Å². The number of hydrogen-bond donors (Lipinski definition) is 0. The van der Waals surface area contributed by atoms with Gasteiger partial charge in [-0.3, -0.25) is 0 Å². The fourth-order valence-electron chi connectivity index (χ4n) is 2.49. The van der Waals surface area contributed by atoms with E-state index in [9.17, 15) is 4.79 Å². The Morgan fingerprint density at radius 3 is 2.48 bits per heavy atom. The lowest BCUT2D eigenvalue weighted by atomic mass is 10.0.